The summed E-state index contributed by atoms with van der Waals surface area (Å²) in [6.45, 7) is 1.33. The van der Waals surface area contributed by atoms with Gasteiger partial charge in [0.25, 0.3) is 0 Å². The molecule has 0 atom stereocenters. The van der Waals surface area contributed by atoms with Crippen molar-refractivity contribution in [2.75, 3.05) is 20.3 Å². The smallest absolute Gasteiger partial charge is 0.0592 e. The molecule has 1 saturated carbocycles. The zero-order valence-electron chi connectivity index (χ0n) is 7.79. The minimum atomic E-state index is 0.431. The Morgan fingerprint density at radius 3 is 2.25 bits per heavy atom. The van der Waals surface area contributed by atoms with Crippen molar-refractivity contribution in [2.45, 2.75) is 37.9 Å². The molecule has 0 spiro atoms. The summed E-state index contributed by atoms with van der Waals surface area (Å²) in [4.78, 5) is 0. The first-order chi connectivity index (χ1) is 5.86. The van der Waals surface area contributed by atoms with E-state index in [2.05, 4.69) is 0 Å². The molecule has 1 aliphatic rings. The first-order valence-corrected chi connectivity index (χ1v) is 4.71. The first kappa shape index (κ1) is 9.96. The van der Waals surface area contributed by atoms with Gasteiger partial charge in [0.2, 0.25) is 0 Å². The highest BCUT2D eigenvalue weighted by Gasteiger charge is 2.20. The molecule has 72 valence electrons. The van der Waals surface area contributed by atoms with Crippen LogP contribution in [0.3, 0.4) is 0 Å². The summed E-state index contributed by atoms with van der Waals surface area (Å²) in [5, 5.41) is 0. The summed E-state index contributed by atoms with van der Waals surface area (Å²) in [6, 6.07) is 0. The van der Waals surface area contributed by atoms with Crippen molar-refractivity contribution in [3.63, 3.8) is 0 Å². The number of hydrogen-bond acceptors (Lipinski definition) is 3. The molecule has 3 heteroatoms. The van der Waals surface area contributed by atoms with Crippen LogP contribution in [0, 0.1) is 0 Å². The standard InChI is InChI=1S/C9H19NO2/c1-11-8-2-4-9(5-3-8)12-7-6-10/h8-9H,2-7,10H2,1H3. The third-order valence-electron chi connectivity index (χ3n) is 2.43. The van der Waals surface area contributed by atoms with Gasteiger partial charge in [0, 0.05) is 13.7 Å². The Kier molecular flexibility index (Phi) is 4.58. The van der Waals surface area contributed by atoms with Crippen molar-refractivity contribution in [3.05, 3.63) is 0 Å². The monoisotopic (exact) mass is 173 g/mol. The van der Waals surface area contributed by atoms with Crippen molar-refractivity contribution in [1.82, 2.24) is 0 Å². The lowest BCUT2D eigenvalue weighted by atomic mass is 9.95. The molecule has 0 aromatic rings. The van der Waals surface area contributed by atoms with E-state index in [1.807, 2.05) is 0 Å². The van der Waals surface area contributed by atoms with Crippen LogP contribution in [0.5, 0.6) is 0 Å². The zero-order chi connectivity index (χ0) is 8.81. The maximum Gasteiger partial charge on any atom is 0.0592 e. The Morgan fingerprint density at radius 2 is 1.75 bits per heavy atom. The molecule has 0 amide bonds. The average Bonchev–Trinajstić information content (AvgIpc) is 2.15. The van der Waals surface area contributed by atoms with Crippen molar-refractivity contribution in [1.29, 1.82) is 0 Å². The van der Waals surface area contributed by atoms with Gasteiger partial charge in [-0.05, 0) is 25.7 Å². The number of nitrogens with two attached hydrogens (primary N) is 1. The summed E-state index contributed by atoms with van der Waals surface area (Å²) in [5.41, 5.74) is 5.35. The Bertz CT molecular complexity index is 111. The van der Waals surface area contributed by atoms with Gasteiger partial charge in [-0.2, -0.15) is 0 Å². The molecule has 0 saturated heterocycles. The van der Waals surface area contributed by atoms with Crippen LogP contribution in [-0.4, -0.2) is 32.5 Å². The molecule has 0 bridgehead atoms. The van der Waals surface area contributed by atoms with Crippen molar-refractivity contribution in [3.8, 4) is 0 Å². The Labute approximate surface area is 74.2 Å². The van der Waals surface area contributed by atoms with E-state index in [1.54, 1.807) is 7.11 Å². The molecule has 0 aromatic heterocycles. The second-order valence-electron chi connectivity index (χ2n) is 3.29. The quantitative estimate of drug-likeness (QED) is 0.687. The second-order valence-corrected chi connectivity index (χ2v) is 3.29. The van der Waals surface area contributed by atoms with Gasteiger partial charge in [-0.25, -0.2) is 0 Å². The van der Waals surface area contributed by atoms with Gasteiger partial charge in [-0.3, -0.25) is 0 Å². The second kappa shape index (κ2) is 5.51. The van der Waals surface area contributed by atoms with Gasteiger partial charge in [0.05, 0.1) is 18.8 Å². The van der Waals surface area contributed by atoms with Gasteiger partial charge in [0.15, 0.2) is 0 Å². The highest BCUT2D eigenvalue weighted by atomic mass is 16.5. The third kappa shape index (κ3) is 3.09. The van der Waals surface area contributed by atoms with E-state index in [0.29, 0.717) is 25.4 Å². The van der Waals surface area contributed by atoms with E-state index in [1.165, 1.54) is 0 Å². The minimum absolute atomic E-state index is 0.431. The molecule has 0 aromatic carbocycles. The largest absolute Gasteiger partial charge is 0.381 e. The molecule has 2 N–H and O–H groups in total. The van der Waals surface area contributed by atoms with Crippen LogP contribution >= 0.6 is 0 Å². The maximum atomic E-state index is 5.54. The summed E-state index contributed by atoms with van der Waals surface area (Å²) in [5.74, 6) is 0. The van der Waals surface area contributed by atoms with Gasteiger partial charge in [0.1, 0.15) is 0 Å². The highest BCUT2D eigenvalue weighted by molar-refractivity contribution is 4.72. The summed E-state index contributed by atoms with van der Waals surface area (Å²) in [7, 11) is 1.78. The average molecular weight is 173 g/mol. The van der Waals surface area contributed by atoms with Gasteiger partial charge in [-0.1, -0.05) is 0 Å². The lowest BCUT2D eigenvalue weighted by Gasteiger charge is -2.27. The third-order valence-corrected chi connectivity index (χ3v) is 2.43. The van der Waals surface area contributed by atoms with Gasteiger partial charge < -0.3 is 15.2 Å². The fourth-order valence-electron chi connectivity index (χ4n) is 1.67. The number of hydrogen-bond donors (Lipinski definition) is 1. The molecule has 0 heterocycles. The summed E-state index contributed by atoms with van der Waals surface area (Å²) in [6.07, 6.45) is 5.40. The topological polar surface area (TPSA) is 44.5 Å². The van der Waals surface area contributed by atoms with E-state index < -0.39 is 0 Å². The zero-order valence-corrected chi connectivity index (χ0v) is 7.79. The van der Waals surface area contributed by atoms with E-state index >= 15 is 0 Å². The molecule has 1 rings (SSSR count). The Balaban J connectivity index is 2.09. The van der Waals surface area contributed by atoms with E-state index in [-0.39, 0.29) is 0 Å². The number of methoxy groups -OCH3 is 1. The molecule has 3 nitrogen and oxygen atoms in total. The number of rotatable bonds is 4. The van der Waals surface area contributed by atoms with E-state index in [0.717, 1.165) is 25.7 Å². The molecular weight excluding hydrogens is 154 g/mol. The molecule has 0 radical (unpaired) electrons. The van der Waals surface area contributed by atoms with Gasteiger partial charge >= 0.3 is 0 Å². The van der Waals surface area contributed by atoms with Crippen LogP contribution in [-0.2, 0) is 9.47 Å². The lowest BCUT2D eigenvalue weighted by molar-refractivity contribution is -0.0136. The fourth-order valence-corrected chi connectivity index (χ4v) is 1.67. The molecule has 0 unspecified atom stereocenters. The molecule has 12 heavy (non-hydrogen) atoms. The lowest BCUT2D eigenvalue weighted by Crippen LogP contribution is -2.27. The van der Waals surface area contributed by atoms with Crippen LogP contribution in [0.1, 0.15) is 25.7 Å². The van der Waals surface area contributed by atoms with Crippen LogP contribution in [0.4, 0.5) is 0 Å². The molecule has 0 aliphatic heterocycles. The SMILES string of the molecule is COC1CCC(OCCN)CC1. The molecule has 1 aliphatic carbocycles. The highest BCUT2D eigenvalue weighted by Crippen LogP contribution is 2.22. The Hall–Kier alpha value is -0.120. The predicted octanol–water partition coefficient (Wildman–Crippen LogP) is 0.919. The van der Waals surface area contributed by atoms with Crippen molar-refractivity contribution >= 4 is 0 Å². The number of ether oxygens (including phenoxy) is 2. The Morgan fingerprint density at radius 1 is 1.17 bits per heavy atom. The van der Waals surface area contributed by atoms with Crippen molar-refractivity contribution < 1.29 is 9.47 Å². The maximum absolute atomic E-state index is 5.54. The van der Waals surface area contributed by atoms with E-state index in [9.17, 15) is 0 Å². The first-order valence-electron chi connectivity index (χ1n) is 4.71. The summed E-state index contributed by atoms with van der Waals surface area (Å²) < 4.78 is 10.8. The van der Waals surface area contributed by atoms with E-state index in [4.69, 9.17) is 15.2 Å². The van der Waals surface area contributed by atoms with Crippen LogP contribution in [0.15, 0.2) is 0 Å². The van der Waals surface area contributed by atoms with Crippen LogP contribution < -0.4 is 5.73 Å². The van der Waals surface area contributed by atoms with Crippen LogP contribution in [0.25, 0.3) is 0 Å². The predicted molar refractivity (Wildman–Crippen MR) is 48.1 cm³/mol. The summed E-state index contributed by atoms with van der Waals surface area (Å²) >= 11 is 0. The molecular formula is C9H19NO2. The van der Waals surface area contributed by atoms with Crippen molar-refractivity contribution in [2.24, 2.45) is 5.73 Å². The fraction of sp³-hybridized carbons (Fsp3) is 1.00. The normalized spacial score (nSPS) is 30.5. The van der Waals surface area contributed by atoms with Crippen LogP contribution in [0.2, 0.25) is 0 Å². The van der Waals surface area contributed by atoms with Gasteiger partial charge in [-0.15, -0.1) is 0 Å². The molecule has 1 fully saturated rings. The minimum Gasteiger partial charge on any atom is -0.381 e.